The van der Waals surface area contributed by atoms with Crippen molar-refractivity contribution in [1.82, 2.24) is 15.2 Å². The van der Waals surface area contributed by atoms with Crippen LogP contribution in [0.15, 0.2) is 34.2 Å². The lowest BCUT2D eigenvalue weighted by molar-refractivity contribution is 0.879. The maximum atomic E-state index is 11.0. The zero-order valence-corrected chi connectivity index (χ0v) is 10.3. The molecule has 0 saturated heterocycles. The molecule has 6 nitrogen and oxygen atoms in total. The Morgan fingerprint density at radius 1 is 1.50 bits per heavy atom. The Bertz CT molecular complexity index is 637. The van der Waals surface area contributed by atoms with Crippen molar-refractivity contribution in [3.8, 4) is 0 Å². The van der Waals surface area contributed by atoms with Crippen LogP contribution in [0.1, 0.15) is 11.3 Å². The number of aryl methyl sites for hydroxylation is 1. The lowest BCUT2D eigenvalue weighted by Crippen LogP contribution is -2.15. The average Bonchev–Trinajstić information content (AvgIpc) is 2.34. The molecule has 0 atom stereocenters. The Morgan fingerprint density at radius 2 is 2.33 bits per heavy atom. The van der Waals surface area contributed by atoms with Crippen molar-refractivity contribution < 1.29 is 0 Å². The molecule has 2 N–H and O–H groups in total. The molecule has 0 bridgehead atoms. The fourth-order valence-electron chi connectivity index (χ4n) is 1.25. The van der Waals surface area contributed by atoms with Crippen molar-refractivity contribution in [1.29, 1.82) is 0 Å². The van der Waals surface area contributed by atoms with Crippen LogP contribution in [0.2, 0.25) is 5.02 Å². The van der Waals surface area contributed by atoms with E-state index in [1.807, 2.05) is 12.1 Å². The number of hydrogen-bond acceptors (Lipinski definition) is 5. The van der Waals surface area contributed by atoms with Gasteiger partial charge in [-0.2, -0.15) is 15.2 Å². The normalized spacial score (nSPS) is 10.8. The summed E-state index contributed by atoms with van der Waals surface area (Å²) in [5, 5.41) is 10.6. The van der Waals surface area contributed by atoms with Gasteiger partial charge in [0.15, 0.2) is 5.82 Å². The summed E-state index contributed by atoms with van der Waals surface area (Å²) in [6.07, 6.45) is 1.58. The largest absolute Gasteiger partial charge is 0.363 e. The van der Waals surface area contributed by atoms with Crippen molar-refractivity contribution in [2.75, 3.05) is 5.43 Å². The monoisotopic (exact) mass is 263 g/mol. The summed E-state index contributed by atoms with van der Waals surface area (Å²) in [5.41, 5.74) is 3.52. The number of benzene rings is 1. The van der Waals surface area contributed by atoms with Gasteiger partial charge in [0.1, 0.15) is 5.69 Å². The van der Waals surface area contributed by atoms with Crippen molar-refractivity contribution in [3.05, 3.63) is 51.0 Å². The van der Waals surface area contributed by atoms with Gasteiger partial charge in [0, 0.05) is 5.02 Å². The third kappa shape index (κ3) is 3.14. The third-order valence-electron chi connectivity index (χ3n) is 2.11. The van der Waals surface area contributed by atoms with E-state index in [4.69, 9.17) is 11.6 Å². The van der Waals surface area contributed by atoms with Gasteiger partial charge in [0.05, 0.1) is 6.21 Å². The summed E-state index contributed by atoms with van der Waals surface area (Å²) in [6.45, 7) is 1.71. The average molecular weight is 264 g/mol. The lowest BCUT2D eigenvalue weighted by Gasteiger charge is -2.00. The molecule has 0 amide bonds. The van der Waals surface area contributed by atoms with Gasteiger partial charge in [-0.05, 0) is 24.6 Å². The standard InChI is InChI=1S/C11H10ClN5O/c1-7-10(14-11(18)17-15-7)16-13-6-8-3-2-4-9(12)5-8/h2-6H,1H3,(H2,14,16,17,18)/b13-6+. The number of nitrogens with one attached hydrogen (secondary N) is 2. The molecule has 0 saturated carbocycles. The zero-order valence-electron chi connectivity index (χ0n) is 9.51. The predicted octanol–water partition coefficient (Wildman–Crippen LogP) is 1.57. The van der Waals surface area contributed by atoms with Crippen LogP contribution in [-0.4, -0.2) is 21.4 Å². The summed E-state index contributed by atoms with van der Waals surface area (Å²) in [7, 11) is 0. The van der Waals surface area contributed by atoms with Crippen LogP contribution in [0, 0.1) is 6.92 Å². The molecule has 1 aromatic carbocycles. The highest BCUT2D eigenvalue weighted by Gasteiger charge is 1.99. The summed E-state index contributed by atoms with van der Waals surface area (Å²) in [4.78, 5) is 14.7. The topological polar surface area (TPSA) is 83.0 Å². The Hall–Kier alpha value is -2.21. The first-order chi connectivity index (χ1) is 8.65. The second-order valence-corrected chi connectivity index (χ2v) is 3.94. The number of halogens is 1. The molecule has 0 aliphatic rings. The number of nitrogens with zero attached hydrogens (tertiary/aromatic N) is 3. The SMILES string of the molecule is Cc1n[nH]c(=O)nc1N/N=C/c1cccc(Cl)c1. The minimum Gasteiger partial charge on any atom is -0.260 e. The molecule has 1 aromatic heterocycles. The molecule has 18 heavy (non-hydrogen) atoms. The summed E-state index contributed by atoms with van der Waals surface area (Å²) in [6, 6.07) is 7.22. The molecule has 92 valence electrons. The van der Waals surface area contributed by atoms with Gasteiger partial charge in [-0.3, -0.25) is 5.43 Å². The predicted molar refractivity (Wildman–Crippen MR) is 70.1 cm³/mol. The molecule has 1 heterocycles. The second-order valence-electron chi connectivity index (χ2n) is 3.50. The van der Waals surface area contributed by atoms with Gasteiger partial charge < -0.3 is 0 Å². The van der Waals surface area contributed by atoms with Crippen molar-refractivity contribution in [2.45, 2.75) is 6.92 Å². The van der Waals surface area contributed by atoms with E-state index in [1.165, 1.54) is 0 Å². The first-order valence-electron chi connectivity index (χ1n) is 5.13. The molecule has 0 fully saturated rings. The van der Waals surface area contributed by atoms with Gasteiger partial charge in [0.2, 0.25) is 0 Å². The fourth-order valence-corrected chi connectivity index (χ4v) is 1.45. The Balaban J connectivity index is 2.12. The Labute approximate surface area is 108 Å². The van der Waals surface area contributed by atoms with E-state index in [0.29, 0.717) is 16.5 Å². The molecule has 0 aliphatic heterocycles. The van der Waals surface area contributed by atoms with Crippen LogP contribution in [-0.2, 0) is 0 Å². The van der Waals surface area contributed by atoms with E-state index in [1.54, 1.807) is 25.3 Å². The summed E-state index contributed by atoms with van der Waals surface area (Å²) in [5.74, 6) is 0.317. The first kappa shape index (κ1) is 12.3. The Morgan fingerprint density at radius 3 is 3.11 bits per heavy atom. The van der Waals surface area contributed by atoms with E-state index < -0.39 is 5.69 Å². The molecule has 0 radical (unpaired) electrons. The second kappa shape index (κ2) is 5.42. The van der Waals surface area contributed by atoms with Gasteiger partial charge in [-0.1, -0.05) is 23.7 Å². The number of aromatic amines is 1. The highest BCUT2D eigenvalue weighted by Crippen LogP contribution is 2.09. The number of anilines is 1. The maximum absolute atomic E-state index is 11.0. The van der Waals surface area contributed by atoms with E-state index >= 15 is 0 Å². The number of hydrogen-bond donors (Lipinski definition) is 2. The first-order valence-corrected chi connectivity index (χ1v) is 5.51. The van der Waals surface area contributed by atoms with E-state index in [-0.39, 0.29) is 0 Å². The molecular formula is C11H10ClN5O. The summed E-state index contributed by atoms with van der Waals surface area (Å²) < 4.78 is 0. The van der Waals surface area contributed by atoms with Crippen LogP contribution in [0.5, 0.6) is 0 Å². The minimum atomic E-state index is -0.527. The molecule has 0 aliphatic carbocycles. The summed E-state index contributed by atoms with van der Waals surface area (Å²) >= 11 is 5.84. The van der Waals surface area contributed by atoms with Crippen LogP contribution >= 0.6 is 11.6 Å². The van der Waals surface area contributed by atoms with Gasteiger partial charge in [0.25, 0.3) is 0 Å². The van der Waals surface area contributed by atoms with Crippen LogP contribution < -0.4 is 11.1 Å². The van der Waals surface area contributed by atoms with Gasteiger partial charge >= 0.3 is 5.69 Å². The molecule has 7 heteroatoms. The molecule has 0 unspecified atom stereocenters. The fraction of sp³-hybridized carbons (Fsp3) is 0.0909. The molecule has 0 spiro atoms. The van der Waals surface area contributed by atoms with Crippen LogP contribution in [0.25, 0.3) is 0 Å². The number of aromatic nitrogens is 3. The van der Waals surface area contributed by atoms with E-state index in [2.05, 4.69) is 25.7 Å². The highest BCUT2D eigenvalue weighted by atomic mass is 35.5. The maximum Gasteiger partial charge on any atom is 0.363 e. The number of rotatable bonds is 3. The molecular weight excluding hydrogens is 254 g/mol. The quantitative estimate of drug-likeness (QED) is 0.650. The van der Waals surface area contributed by atoms with E-state index in [9.17, 15) is 4.79 Å². The zero-order chi connectivity index (χ0) is 13.0. The number of H-pyrrole nitrogens is 1. The molecule has 2 rings (SSSR count). The smallest absolute Gasteiger partial charge is 0.260 e. The highest BCUT2D eigenvalue weighted by molar-refractivity contribution is 6.30. The van der Waals surface area contributed by atoms with Crippen LogP contribution in [0.3, 0.4) is 0 Å². The van der Waals surface area contributed by atoms with Crippen molar-refractivity contribution >= 4 is 23.6 Å². The van der Waals surface area contributed by atoms with Gasteiger partial charge in [-0.25, -0.2) is 9.89 Å². The Kier molecular flexibility index (Phi) is 3.69. The third-order valence-corrected chi connectivity index (χ3v) is 2.34. The van der Waals surface area contributed by atoms with Crippen molar-refractivity contribution in [2.24, 2.45) is 5.10 Å². The van der Waals surface area contributed by atoms with Gasteiger partial charge in [-0.15, -0.1) is 0 Å². The van der Waals surface area contributed by atoms with E-state index in [0.717, 1.165) is 5.56 Å². The van der Waals surface area contributed by atoms with Crippen LogP contribution in [0.4, 0.5) is 5.82 Å². The minimum absolute atomic E-state index is 0.317. The van der Waals surface area contributed by atoms with Crippen molar-refractivity contribution in [3.63, 3.8) is 0 Å². The molecule has 2 aromatic rings. The lowest BCUT2D eigenvalue weighted by atomic mass is 10.2. The number of hydrazone groups is 1.